The number of anilines is 1. The second-order valence-electron chi connectivity index (χ2n) is 13.8. The Morgan fingerprint density at radius 3 is 2.40 bits per heavy atom. The highest BCUT2D eigenvalue weighted by Gasteiger charge is 2.39. The molecule has 0 N–H and O–H groups in total. The lowest BCUT2D eigenvalue weighted by Crippen LogP contribution is -2.24. The Kier molecular flexibility index (Phi) is 12.7. The third kappa shape index (κ3) is 8.68. The van der Waals surface area contributed by atoms with Gasteiger partial charge in [-0.3, -0.25) is 4.79 Å². The molecule has 266 valence electrons. The number of Topliss-reactive ketones (excluding diaryl/α,β-unsaturated/α-hetero) is 1. The number of hydrogen-bond donors (Lipinski definition) is 0. The highest BCUT2D eigenvalue weighted by Crippen LogP contribution is 2.37. The lowest BCUT2D eigenvalue weighted by Gasteiger charge is -2.23. The van der Waals surface area contributed by atoms with Crippen LogP contribution in [0.4, 0.5) is 11.4 Å². The Hall–Kier alpha value is -4.78. The molecule has 1 atom stereocenters. The molecule has 1 aromatic heterocycles. The number of aromatic nitrogens is 3. The summed E-state index contributed by atoms with van der Waals surface area (Å²) >= 11 is 0. The summed E-state index contributed by atoms with van der Waals surface area (Å²) in [5.41, 5.74) is 3.29. The molecule has 0 radical (unpaired) electrons. The lowest BCUT2D eigenvalue weighted by atomic mass is 9.90. The topological polar surface area (TPSA) is 103 Å². The van der Waals surface area contributed by atoms with Crippen LogP contribution in [0.3, 0.4) is 0 Å². The van der Waals surface area contributed by atoms with Crippen LogP contribution < -0.4 is 9.64 Å². The zero-order valence-electron chi connectivity index (χ0n) is 31.2. The van der Waals surface area contributed by atoms with Crippen molar-refractivity contribution < 1.29 is 19.1 Å². The Balaban J connectivity index is 1.83. The quantitative estimate of drug-likeness (QED) is 0.110. The van der Waals surface area contributed by atoms with E-state index in [0.29, 0.717) is 17.0 Å². The number of ketones is 1. The van der Waals surface area contributed by atoms with Gasteiger partial charge < -0.3 is 14.4 Å². The van der Waals surface area contributed by atoms with E-state index in [-0.39, 0.29) is 46.9 Å². The first-order valence-electron chi connectivity index (χ1n) is 17.9. The summed E-state index contributed by atoms with van der Waals surface area (Å²) in [6, 6.07) is 11.6. The maximum Gasteiger partial charge on any atom is 0.332 e. The van der Waals surface area contributed by atoms with Gasteiger partial charge in [0, 0.05) is 31.1 Å². The van der Waals surface area contributed by atoms with Gasteiger partial charge in [0.1, 0.15) is 22.7 Å². The molecule has 0 bridgehead atoms. The summed E-state index contributed by atoms with van der Waals surface area (Å²) < 4.78 is 12.9. The van der Waals surface area contributed by atoms with Crippen LogP contribution in [0.15, 0.2) is 47.1 Å². The van der Waals surface area contributed by atoms with E-state index in [4.69, 9.17) is 31.1 Å². The molecule has 50 heavy (non-hydrogen) atoms. The first-order valence-corrected chi connectivity index (χ1v) is 17.9. The second-order valence-corrected chi connectivity index (χ2v) is 13.8. The van der Waals surface area contributed by atoms with Crippen LogP contribution in [0.5, 0.6) is 5.75 Å². The van der Waals surface area contributed by atoms with Crippen molar-refractivity contribution in [1.82, 2.24) is 14.8 Å². The molecule has 10 heteroatoms. The van der Waals surface area contributed by atoms with Gasteiger partial charge in [0.05, 0.1) is 24.9 Å². The first-order chi connectivity index (χ1) is 23.9. The van der Waals surface area contributed by atoms with Gasteiger partial charge in [0.15, 0.2) is 17.5 Å². The zero-order valence-corrected chi connectivity index (χ0v) is 31.2. The number of aliphatic imine (C=N–C) groups is 1. The van der Waals surface area contributed by atoms with Crippen LogP contribution in [0.1, 0.15) is 104 Å². The fraction of sp³-hybridized carbons (Fsp3) is 0.500. The van der Waals surface area contributed by atoms with Crippen molar-refractivity contribution in [3.05, 3.63) is 70.5 Å². The summed E-state index contributed by atoms with van der Waals surface area (Å²) in [5.74, 6) is 0.696. The minimum absolute atomic E-state index is 0.00503. The van der Waals surface area contributed by atoms with Crippen LogP contribution in [0, 0.1) is 19.4 Å². The molecule has 1 aliphatic rings. The van der Waals surface area contributed by atoms with Crippen LogP contribution >= 0.6 is 0 Å². The summed E-state index contributed by atoms with van der Waals surface area (Å²) in [4.78, 5) is 42.8. The van der Waals surface area contributed by atoms with Crippen LogP contribution in [0.25, 0.3) is 21.8 Å². The fourth-order valence-electron chi connectivity index (χ4n) is 6.10. The number of carbonyl (C=O) groups is 2. The molecule has 0 amide bonds. The van der Waals surface area contributed by atoms with Crippen molar-refractivity contribution in [2.24, 2.45) is 10.9 Å². The minimum atomic E-state index is -0.808. The maximum atomic E-state index is 13.7. The molecule has 2 aromatic carbocycles. The van der Waals surface area contributed by atoms with Crippen molar-refractivity contribution in [2.75, 3.05) is 25.1 Å². The number of methoxy groups -OCH3 is 1. The normalized spacial score (nSPS) is 14.0. The molecule has 0 fully saturated rings. The fourth-order valence-corrected chi connectivity index (χ4v) is 6.10. The molecule has 0 aliphatic carbocycles. The molecule has 2 heterocycles. The largest absolute Gasteiger partial charge is 0.496 e. The number of ether oxygens (including phenoxy) is 2. The predicted molar refractivity (Wildman–Crippen MR) is 200 cm³/mol. The van der Waals surface area contributed by atoms with Gasteiger partial charge in [-0.2, -0.15) is 0 Å². The molecular formula is C40H52N6O4. The monoisotopic (exact) mass is 680 g/mol. The Morgan fingerprint density at radius 2 is 1.80 bits per heavy atom. The zero-order chi connectivity index (χ0) is 36.6. The Labute approximate surface area is 297 Å². The number of nitrogens with zero attached hydrogens (tertiary/aromatic N) is 6. The van der Waals surface area contributed by atoms with Crippen molar-refractivity contribution >= 4 is 34.5 Å². The summed E-state index contributed by atoms with van der Waals surface area (Å²) in [6.07, 6.45) is 6.26. The van der Waals surface area contributed by atoms with E-state index in [9.17, 15) is 9.59 Å². The molecule has 3 aromatic rings. The average molecular weight is 681 g/mol. The summed E-state index contributed by atoms with van der Waals surface area (Å²) in [7, 11) is 1.57. The summed E-state index contributed by atoms with van der Waals surface area (Å²) in [6.45, 7) is 25.8. The van der Waals surface area contributed by atoms with E-state index in [2.05, 4.69) is 43.5 Å². The SMILES string of the molecule is [C-]#[N+]C1=C(C(=O)OC(C)(C)C)c2nc(-c3cc(CC(=O)C(CC)CCCC)ccc3OC)nn2C1=Nc1ccc(N(CC)CCCC)cc1C. The van der Waals surface area contributed by atoms with Crippen molar-refractivity contribution in [2.45, 2.75) is 106 Å². The van der Waals surface area contributed by atoms with Gasteiger partial charge in [0.25, 0.3) is 0 Å². The summed E-state index contributed by atoms with van der Waals surface area (Å²) in [5, 5.41) is 4.82. The molecule has 1 unspecified atom stereocenters. The average Bonchev–Trinajstić information content (AvgIpc) is 3.63. The number of allylic oxidation sites excluding steroid dienone is 1. The number of hydrogen-bond acceptors (Lipinski definition) is 8. The number of rotatable bonds is 16. The Morgan fingerprint density at radius 1 is 1.06 bits per heavy atom. The van der Waals surface area contributed by atoms with Gasteiger partial charge >= 0.3 is 5.97 Å². The molecular weight excluding hydrogens is 628 g/mol. The van der Waals surface area contributed by atoms with Gasteiger partial charge in [-0.05, 0) is 95.3 Å². The van der Waals surface area contributed by atoms with E-state index >= 15 is 0 Å². The van der Waals surface area contributed by atoms with Crippen LogP contribution in [-0.2, 0) is 20.7 Å². The van der Waals surface area contributed by atoms with Crippen molar-refractivity contribution in [3.8, 4) is 17.1 Å². The van der Waals surface area contributed by atoms with E-state index in [1.165, 1.54) is 4.68 Å². The highest BCUT2D eigenvalue weighted by atomic mass is 16.6. The number of esters is 1. The van der Waals surface area contributed by atoms with E-state index < -0.39 is 11.6 Å². The molecule has 4 rings (SSSR count). The van der Waals surface area contributed by atoms with E-state index in [0.717, 1.165) is 68.4 Å². The standard InChI is InChI=1S/C40H52N6O4/c1-11-15-17-28(13-3)32(47)25-27-18-21-33(49-10)30(24-27)36-43-37-34(39(48)50-40(6,7)8)35(41-9)38(46(37)44-36)42-31-20-19-29(23-26(31)5)45(14-4)22-16-12-2/h18-21,23-24,28H,11-17,22,25H2,1-8,10H3. The molecule has 1 aliphatic heterocycles. The van der Waals surface area contributed by atoms with Crippen molar-refractivity contribution in [3.63, 3.8) is 0 Å². The highest BCUT2D eigenvalue weighted by molar-refractivity contribution is 6.29. The second kappa shape index (κ2) is 16.8. The van der Waals surface area contributed by atoms with Gasteiger partial charge in [-0.25, -0.2) is 24.3 Å². The molecule has 0 spiro atoms. The van der Waals surface area contributed by atoms with E-state index in [1.807, 2.05) is 37.3 Å². The first kappa shape index (κ1) is 38.0. The van der Waals surface area contributed by atoms with Gasteiger partial charge in [0.2, 0.25) is 5.70 Å². The smallest absolute Gasteiger partial charge is 0.332 e. The molecule has 0 saturated heterocycles. The van der Waals surface area contributed by atoms with Crippen LogP contribution in [-0.4, -0.2) is 58.2 Å². The lowest BCUT2D eigenvalue weighted by molar-refractivity contribution is -0.147. The molecule has 10 nitrogen and oxygen atoms in total. The third-order valence-electron chi connectivity index (χ3n) is 8.87. The Bertz CT molecular complexity index is 1810. The number of unbranched alkanes of at least 4 members (excludes halogenated alkanes) is 2. The maximum absolute atomic E-state index is 13.7. The number of aryl methyl sites for hydroxylation is 1. The number of fused-ring (bicyclic) bond motifs is 1. The predicted octanol–water partition coefficient (Wildman–Crippen LogP) is 8.78. The van der Waals surface area contributed by atoms with Gasteiger partial charge in [-0.15, -0.1) is 5.10 Å². The number of carbonyl (C=O) groups excluding carboxylic acids is 2. The van der Waals surface area contributed by atoms with Crippen molar-refractivity contribution in [1.29, 1.82) is 0 Å². The van der Waals surface area contributed by atoms with E-state index in [1.54, 1.807) is 27.9 Å². The number of benzene rings is 2. The van der Waals surface area contributed by atoms with Gasteiger partial charge in [-0.1, -0.05) is 46.1 Å². The minimum Gasteiger partial charge on any atom is -0.496 e. The molecule has 0 saturated carbocycles. The van der Waals surface area contributed by atoms with Crippen LogP contribution in [0.2, 0.25) is 0 Å². The third-order valence-corrected chi connectivity index (χ3v) is 8.87.